The molecule has 0 amide bonds. The van der Waals surface area contributed by atoms with Gasteiger partial charge in [-0.15, -0.1) is 4.41 Å². The minimum Gasteiger partial charge on any atom is -0.480 e. The summed E-state index contributed by atoms with van der Waals surface area (Å²) in [4.78, 5) is 21.2. The summed E-state index contributed by atoms with van der Waals surface area (Å²) in [5.41, 5.74) is -0.616. The topological polar surface area (TPSA) is 124 Å². The van der Waals surface area contributed by atoms with Crippen molar-refractivity contribution in [2.24, 2.45) is 0 Å². The van der Waals surface area contributed by atoms with Crippen molar-refractivity contribution in [3.63, 3.8) is 0 Å². The number of hydrogen-bond donors (Lipinski definition) is 1. The molecule has 0 aliphatic rings. The molecule has 0 aromatic heterocycles. The van der Waals surface area contributed by atoms with Crippen LogP contribution < -0.4 is 0 Å². The largest absolute Gasteiger partial charge is 0.480 e. The van der Waals surface area contributed by atoms with Crippen LogP contribution in [0.4, 0.5) is 5.69 Å². The lowest BCUT2D eigenvalue weighted by Gasteiger charge is -2.38. The Balaban J connectivity index is 3.63. The van der Waals surface area contributed by atoms with Gasteiger partial charge < -0.3 is 5.11 Å². The van der Waals surface area contributed by atoms with E-state index in [1.165, 1.54) is 29.2 Å². The van der Waals surface area contributed by atoms with Crippen LogP contribution in [-0.2, 0) is 14.8 Å². The van der Waals surface area contributed by atoms with E-state index in [0.717, 1.165) is 12.1 Å². The number of carbonyl (C=O) groups is 1. The van der Waals surface area contributed by atoms with Crippen molar-refractivity contribution in [1.29, 1.82) is 0 Å². The average molecular weight is 360 g/mol. The molecule has 0 saturated carbocycles. The molecule has 1 N–H and O–H groups in total. The number of hydrazine groups is 2. The van der Waals surface area contributed by atoms with Crippen molar-refractivity contribution < 1.29 is 23.2 Å². The van der Waals surface area contributed by atoms with Crippen LogP contribution >= 0.6 is 0 Å². The van der Waals surface area contributed by atoms with E-state index >= 15 is 0 Å². The van der Waals surface area contributed by atoms with Crippen molar-refractivity contribution in [1.82, 2.24) is 14.5 Å². The number of aliphatic carboxylic acids is 1. The number of nitro benzene ring substituents is 1. The van der Waals surface area contributed by atoms with Gasteiger partial charge in [-0.2, -0.15) is 5.12 Å². The highest BCUT2D eigenvalue weighted by molar-refractivity contribution is 7.89. The highest BCUT2D eigenvalue weighted by Gasteiger charge is 2.41. The molecule has 1 aromatic rings. The molecule has 1 rings (SSSR count). The van der Waals surface area contributed by atoms with E-state index in [1.54, 1.807) is 21.0 Å². The van der Waals surface area contributed by atoms with Gasteiger partial charge in [0.1, 0.15) is 6.04 Å². The average Bonchev–Trinajstić information content (AvgIpc) is 2.50. The first-order chi connectivity index (χ1) is 11.1. The Bertz CT molecular complexity index is 721. The van der Waals surface area contributed by atoms with Crippen LogP contribution in [0, 0.1) is 10.1 Å². The summed E-state index contributed by atoms with van der Waals surface area (Å²) in [6, 6.07) is 3.36. The van der Waals surface area contributed by atoms with Crippen LogP contribution in [0.1, 0.15) is 13.8 Å². The summed E-state index contributed by atoms with van der Waals surface area (Å²) < 4.78 is 26.6. The number of carboxylic acid groups (broad SMARTS) is 1. The molecular weight excluding hydrogens is 340 g/mol. The molecule has 1 unspecified atom stereocenters. The van der Waals surface area contributed by atoms with Crippen LogP contribution in [0.3, 0.4) is 0 Å². The van der Waals surface area contributed by atoms with E-state index in [0.29, 0.717) is 4.41 Å². The second-order valence-corrected chi connectivity index (χ2v) is 6.82. The number of rotatable bonds is 8. The molecular formula is C13H20N4O6S. The van der Waals surface area contributed by atoms with Crippen LogP contribution in [-0.4, -0.2) is 65.6 Å². The first-order valence-corrected chi connectivity index (χ1v) is 8.45. The smallest absolute Gasteiger partial charge is 0.323 e. The number of sulfonamides is 1. The molecule has 0 fully saturated rings. The standard InChI is InChI=1S/C13H20N4O6S/c1-5-15(14(3)4)16(10(2)13(18)19)24(22,23)12-9-7-6-8-11(12)17(20)21/h6-10H,5H2,1-4H3,(H,18,19). The molecule has 0 radical (unpaired) electrons. The molecule has 24 heavy (non-hydrogen) atoms. The molecule has 1 aromatic carbocycles. The summed E-state index contributed by atoms with van der Waals surface area (Å²) in [5, 5.41) is 23.0. The minimum absolute atomic E-state index is 0.143. The van der Waals surface area contributed by atoms with Gasteiger partial charge in [-0.1, -0.05) is 12.1 Å². The third-order valence-corrected chi connectivity index (χ3v) is 5.15. The van der Waals surface area contributed by atoms with Crippen molar-refractivity contribution in [2.45, 2.75) is 24.8 Å². The molecule has 0 spiro atoms. The Hall–Kier alpha value is -2.08. The fraction of sp³-hybridized carbons (Fsp3) is 0.462. The van der Waals surface area contributed by atoms with E-state index in [1.807, 2.05) is 0 Å². The molecule has 0 heterocycles. The summed E-state index contributed by atoms with van der Waals surface area (Å²) in [7, 11) is -1.40. The molecule has 0 aliphatic heterocycles. The van der Waals surface area contributed by atoms with Crippen molar-refractivity contribution in [3.05, 3.63) is 34.4 Å². The molecule has 0 aliphatic carbocycles. The second kappa shape index (κ2) is 7.66. The first kappa shape index (κ1) is 20.0. The maximum absolute atomic E-state index is 13.0. The predicted molar refractivity (Wildman–Crippen MR) is 85.3 cm³/mol. The number of hydrogen-bond acceptors (Lipinski definition) is 7. The van der Waals surface area contributed by atoms with Crippen LogP contribution in [0.2, 0.25) is 0 Å². The zero-order valence-electron chi connectivity index (χ0n) is 13.8. The first-order valence-electron chi connectivity index (χ1n) is 7.01. The quantitative estimate of drug-likeness (QED) is 0.532. The number of nitro groups is 1. The highest BCUT2D eigenvalue weighted by Crippen LogP contribution is 2.28. The Morgan fingerprint density at radius 1 is 1.33 bits per heavy atom. The fourth-order valence-electron chi connectivity index (χ4n) is 2.15. The Kier molecular flexibility index (Phi) is 6.37. The van der Waals surface area contributed by atoms with Gasteiger partial charge >= 0.3 is 5.97 Å². The van der Waals surface area contributed by atoms with E-state index in [4.69, 9.17) is 0 Å². The van der Waals surface area contributed by atoms with Crippen LogP contribution in [0.15, 0.2) is 29.2 Å². The van der Waals surface area contributed by atoms with Crippen molar-refractivity contribution in [2.75, 3.05) is 20.6 Å². The molecule has 134 valence electrons. The van der Waals surface area contributed by atoms with E-state index in [2.05, 4.69) is 0 Å². The van der Waals surface area contributed by atoms with Gasteiger partial charge in [0, 0.05) is 26.7 Å². The number of carboxylic acids is 1. The van der Waals surface area contributed by atoms with Gasteiger partial charge in [0.15, 0.2) is 4.90 Å². The number of para-hydroxylation sites is 1. The lowest BCUT2D eigenvalue weighted by atomic mass is 10.3. The lowest BCUT2D eigenvalue weighted by molar-refractivity contribution is -0.387. The maximum atomic E-state index is 13.0. The summed E-state index contributed by atoms with van der Waals surface area (Å²) in [6.45, 7) is 2.97. The molecule has 11 heteroatoms. The van der Waals surface area contributed by atoms with Gasteiger partial charge in [-0.05, 0) is 19.9 Å². The van der Waals surface area contributed by atoms with Crippen molar-refractivity contribution in [3.8, 4) is 0 Å². The lowest BCUT2D eigenvalue weighted by Crippen LogP contribution is -2.58. The van der Waals surface area contributed by atoms with Crippen LogP contribution in [0.25, 0.3) is 0 Å². The fourth-order valence-corrected chi connectivity index (χ4v) is 4.03. The molecule has 0 saturated heterocycles. The van der Waals surface area contributed by atoms with Crippen LogP contribution in [0.5, 0.6) is 0 Å². The van der Waals surface area contributed by atoms with E-state index in [-0.39, 0.29) is 6.54 Å². The van der Waals surface area contributed by atoms with Gasteiger partial charge in [-0.3, -0.25) is 14.9 Å². The Morgan fingerprint density at radius 2 is 1.88 bits per heavy atom. The molecule has 1 atom stereocenters. The van der Waals surface area contributed by atoms with Gasteiger partial charge in [-0.25, -0.2) is 13.4 Å². The van der Waals surface area contributed by atoms with E-state index in [9.17, 15) is 28.4 Å². The van der Waals surface area contributed by atoms with E-state index < -0.39 is 37.5 Å². The maximum Gasteiger partial charge on any atom is 0.323 e. The highest BCUT2D eigenvalue weighted by atomic mass is 32.2. The third-order valence-electron chi connectivity index (χ3n) is 3.25. The summed E-state index contributed by atoms with van der Waals surface area (Å²) >= 11 is 0. The molecule has 10 nitrogen and oxygen atoms in total. The zero-order valence-corrected chi connectivity index (χ0v) is 14.6. The Morgan fingerprint density at radius 3 is 2.29 bits per heavy atom. The summed E-state index contributed by atoms with van der Waals surface area (Å²) in [6.07, 6.45) is 0. The summed E-state index contributed by atoms with van der Waals surface area (Å²) in [5.74, 6) is -1.38. The number of benzene rings is 1. The van der Waals surface area contributed by atoms with Gasteiger partial charge in [0.2, 0.25) is 0 Å². The minimum atomic E-state index is -4.48. The monoisotopic (exact) mass is 360 g/mol. The molecule has 0 bridgehead atoms. The number of nitrogens with zero attached hydrogens (tertiary/aromatic N) is 4. The van der Waals surface area contributed by atoms with Crippen molar-refractivity contribution >= 4 is 21.7 Å². The van der Waals surface area contributed by atoms with Gasteiger partial charge in [0.25, 0.3) is 15.7 Å². The third kappa shape index (κ3) is 3.87. The van der Waals surface area contributed by atoms with Gasteiger partial charge in [0.05, 0.1) is 4.92 Å². The predicted octanol–water partition coefficient (Wildman–Crippen LogP) is 0.772. The Labute approximate surface area is 140 Å². The second-order valence-electron chi connectivity index (χ2n) is 5.05. The zero-order chi connectivity index (χ0) is 18.7. The SMILES string of the molecule is CCN(N(C)C)N(C(C)C(=O)O)S(=O)(=O)c1ccccc1[N+](=O)[O-]. The normalized spacial score (nSPS) is 13.5.